The van der Waals surface area contributed by atoms with Crippen LogP contribution in [0.3, 0.4) is 0 Å². The number of Topliss-reactive ketones (excluding diaryl/α,β-unsaturated/α-hetero) is 2. The Hall–Kier alpha value is -3.20. The molecule has 0 spiro atoms. The quantitative estimate of drug-likeness (QED) is 0.132. The van der Waals surface area contributed by atoms with Gasteiger partial charge in [-0.05, 0) is 0 Å². The van der Waals surface area contributed by atoms with Crippen LogP contribution in [0, 0.1) is 0 Å². The molecule has 174 valence electrons. The third-order valence-corrected chi connectivity index (χ3v) is 11.3. The van der Waals surface area contributed by atoms with Crippen molar-refractivity contribution >= 4 is 72.2 Å². The van der Waals surface area contributed by atoms with Crippen molar-refractivity contribution in [2.45, 2.75) is 19.3 Å². The van der Waals surface area contributed by atoms with E-state index in [9.17, 15) is 9.59 Å². The average molecular weight is 597 g/mol. The molecule has 3 aromatic carbocycles. The molecular weight excluding hydrogens is 576 g/mol. The van der Waals surface area contributed by atoms with Crippen LogP contribution in [0.1, 0.15) is 50.1 Å². The summed E-state index contributed by atoms with van der Waals surface area (Å²) in [5, 5.41) is 1.08. The SMILES string of the molecule is CC1(C)c2ccccc2N(c2ccc(/C=C3\C(=O)c4cc5cc[se]c5cc4C3=O)[se]2)c2ccccc21. The van der Waals surface area contributed by atoms with Crippen molar-refractivity contribution in [2.75, 3.05) is 4.90 Å². The number of ketones is 2. The van der Waals surface area contributed by atoms with E-state index in [0.717, 1.165) is 9.82 Å². The maximum absolute atomic E-state index is 13.2. The van der Waals surface area contributed by atoms with Crippen LogP contribution in [0.2, 0.25) is 0 Å². The molecule has 5 aromatic rings. The van der Waals surface area contributed by atoms with Crippen LogP contribution in [0.5, 0.6) is 0 Å². The topological polar surface area (TPSA) is 37.4 Å². The normalized spacial score (nSPS) is 16.9. The van der Waals surface area contributed by atoms with Gasteiger partial charge in [0, 0.05) is 0 Å². The van der Waals surface area contributed by atoms with Gasteiger partial charge < -0.3 is 0 Å². The molecule has 0 radical (unpaired) electrons. The Morgan fingerprint density at radius 2 is 1.42 bits per heavy atom. The summed E-state index contributed by atoms with van der Waals surface area (Å²) in [6.45, 7) is 4.57. The molecule has 0 unspecified atom stereocenters. The van der Waals surface area contributed by atoms with Crippen molar-refractivity contribution in [3.8, 4) is 0 Å². The molecule has 7 rings (SSSR count). The zero-order valence-corrected chi connectivity index (χ0v) is 23.2. The number of benzene rings is 3. The maximum atomic E-state index is 13.2. The molecule has 1 aliphatic heterocycles. The molecule has 36 heavy (non-hydrogen) atoms. The Bertz CT molecular complexity index is 1670. The number of para-hydroxylation sites is 2. The molecule has 0 fully saturated rings. The van der Waals surface area contributed by atoms with Crippen molar-refractivity contribution in [1.29, 1.82) is 0 Å². The predicted molar refractivity (Wildman–Crippen MR) is 148 cm³/mol. The van der Waals surface area contributed by atoms with Gasteiger partial charge in [-0.15, -0.1) is 0 Å². The van der Waals surface area contributed by atoms with Gasteiger partial charge in [-0.25, -0.2) is 0 Å². The predicted octanol–water partition coefficient (Wildman–Crippen LogP) is 6.53. The summed E-state index contributed by atoms with van der Waals surface area (Å²) in [6, 6.07) is 27.3. The van der Waals surface area contributed by atoms with E-state index in [4.69, 9.17) is 0 Å². The van der Waals surface area contributed by atoms with Crippen molar-refractivity contribution in [2.24, 2.45) is 0 Å². The second-order valence-electron chi connectivity index (χ2n) is 9.74. The van der Waals surface area contributed by atoms with Gasteiger partial charge in [0.1, 0.15) is 0 Å². The van der Waals surface area contributed by atoms with Gasteiger partial charge in [-0.2, -0.15) is 0 Å². The van der Waals surface area contributed by atoms with Crippen LogP contribution in [0.4, 0.5) is 15.9 Å². The molecule has 0 N–H and O–H groups in total. The number of rotatable bonds is 2. The molecule has 1 aliphatic carbocycles. The van der Waals surface area contributed by atoms with Gasteiger partial charge in [-0.3, -0.25) is 0 Å². The van der Waals surface area contributed by atoms with E-state index < -0.39 is 0 Å². The van der Waals surface area contributed by atoms with Gasteiger partial charge in [0.05, 0.1) is 0 Å². The fraction of sp³-hybridized carbons (Fsp3) is 0.0968. The molecule has 0 saturated heterocycles. The Morgan fingerprint density at radius 3 is 2.11 bits per heavy atom. The number of carbonyl (C=O) groups excluding carboxylic acids is 2. The van der Waals surface area contributed by atoms with Crippen LogP contribution in [0.15, 0.2) is 89.4 Å². The fourth-order valence-electron chi connectivity index (χ4n) is 5.50. The molecular formula is C31H21NO2Se2. The zero-order valence-electron chi connectivity index (χ0n) is 19.7. The van der Waals surface area contributed by atoms with E-state index in [2.05, 4.69) is 90.4 Å². The number of nitrogens with zero attached hydrogens (tertiary/aromatic N) is 1. The monoisotopic (exact) mass is 599 g/mol. The first kappa shape index (κ1) is 22.0. The minimum atomic E-state index is -0.147. The van der Waals surface area contributed by atoms with E-state index in [1.165, 1.54) is 31.3 Å². The van der Waals surface area contributed by atoms with Crippen molar-refractivity contribution in [3.63, 3.8) is 0 Å². The van der Waals surface area contributed by atoms with Crippen LogP contribution >= 0.6 is 0 Å². The van der Waals surface area contributed by atoms with E-state index in [-0.39, 0.29) is 46.0 Å². The molecule has 2 aromatic heterocycles. The summed E-state index contributed by atoms with van der Waals surface area (Å²) in [5.74, 6) is -0.285. The zero-order chi connectivity index (χ0) is 24.6. The second kappa shape index (κ2) is 7.90. The number of carbonyl (C=O) groups is 2. The Balaban J connectivity index is 1.32. The van der Waals surface area contributed by atoms with Gasteiger partial charge in [0.15, 0.2) is 0 Å². The van der Waals surface area contributed by atoms with Gasteiger partial charge in [0.25, 0.3) is 0 Å². The van der Waals surface area contributed by atoms with Crippen molar-refractivity contribution in [3.05, 3.63) is 116 Å². The molecule has 3 heterocycles. The third kappa shape index (κ3) is 3.11. The standard InChI is InChI=1S/C31H21NO2Se2/c1-31(2)23-7-3-5-9-25(23)32(26-10-6-4-8-24(26)31)28-12-11-19(36-28)16-22-29(33)20-15-18-13-14-35-27(18)17-21(20)30(22)34/h3-17H,1-2H3/b22-16+. The Labute approximate surface area is 221 Å². The summed E-state index contributed by atoms with van der Waals surface area (Å²) < 4.78 is 3.42. The summed E-state index contributed by atoms with van der Waals surface area (Å²) in [4.78, 5) is 30.9. The molecule has 2 aliphatic rings. The fourth-order valence-corrected chi connectivity index (χ4v) is 9.25. The average Bonchev–Trinajstić information content (AvgIpc) is 3.59. The van der Waals surface area contributed by atoms with Crippen LogP contribution in [0.25, 0.3) is 15.7 Å². The van der Waals surface area contributed by atoms with Crippen molar-refractivity contribution < 1.29 is 9.59 Å². The van der Waals surface area contributed by atoms with Gasteiger partial charge >= 0.3 is 222 Å². The van der Waals surface area contributed by atoms with E-state index in [1.807, 2.05) is 18.2 Å². The molecule has 0 atom stereocenters. The molecule has 0 bridgehead atoms. The van der Waals surface area contributed by atoms with Crippen molar-refractivity contribution in [1.82, 2.24) is 0 Å². The molecule has 5 heteroatoms. The number of anilines is 3. The van der Waals surface area contributed by atoms with E-state index in [0.29, 0.717) is 16.7 Å². The Morgan fingerprint density at radius 1 is 0.778 bits per heavy atom. The van der Waals surface area contributed by atoms with Crippen LogP contribution in [-0.4, -0.2) is 40.6 Å². The third-order valence-electron chi connectivity index (χ3n) is 7.33. The molecule has 0 amide bonds. The van der Waals surface area contributed by atoms with E-state index in [1.54, 1.807) is 0 Å². The minimum absolute atomic E-state index is 0.0440. The second-order valence-corrected chi connectivity index (χ2v) is 14.0. The first-order valence-electron chi connectivity index (χ1n) is 11.8. The van der Waals surface area contributed by atoms with Crippen LogP contribution < -0.4 is 4.90 Å². The first-order chi connectivity index (χ1) is 17.4. The summed E-state index contributed by atoms with van der Waals surface area (Å²) in [6.07, 6.45) is 1.84. The number of allylic oxidation sites excluding steroid dienone is 1. The summed E-state index contributed by atoms with van der Waals surface area (Å²) in [5.41, 5.74) is 6.31. The number of fused-ring (bicyclic) bond motifs is 4. The van der Waals surface area contributed by atoms with Gasteiger partial charge in [-0.1, -0.05) is 0 Å². The number of hydrogen-bond donors (Lipinski definition) is 0. The first-order valence-corrected chi connectivity index (χ1v) is 15.4. The molecule has 0 saturated carbocycles. The van der Waals surface area contributed by atoms with Crippen LogP contribution in [-0.2, 0) is 5.41 Å². The molecule has 3 nitrogen and oxygen atoms in total. The summed E-state index contributed by atoms with van der Waals surface area (Å²) in [7, 11) is 0. The van der Waals surface area contributed by atoms with Gasteiger partial charge in [0.2, 0.25) is 0 Å². The summed E-state index contributed by atoms with van der Waals surface area (Å²) >= 11 is 0.198. The number of hydrogen-bond acceptors (Lipinski definition) is 3. The van der Waals surface area contributed by atoms with E-state index >= 15 is 0 Å². The Kier molecular flexibility index (Phi) is 4.83.